The number of carbonyl (C=O) groups excluding carboxylic acids is 2. The molecule has 1 aromatic heterocycles. The van der Waals surface area contributed by atoms with Gasteiger partial charge in [0.05, 0.1) is 16.7 Å². The molecule has 1 saturated heterocycles. The van der Waals surface area contributed by atoms with Gasteiger partial charge in [0, 0.05) is 45.5 Å². The van der Waals surface area contributed by atoms with Gasteiger partial charge in [0.25, 0.3) is 0 Å². The number of hydrogen-bond acceptors (Lipinski definition) is 4. The van der Waals surface area contributed by atoms with E-state index in [0.29, 0.717) is 32.5 Å². The summed E-state index contributed by atoms with van der Waals surface area (Å²) >= 11 is 1.55. The molecule has 0 radical (unpaired) electrons. The van der Waals surface area contributed by atoms with Crippen LogP contribution in [0.15, 0.2) is 10.9 Å². The van der Waals surface area contributed by atoms with Crippen molar-refractivity contribution in [2.24, 2.45) is 0 Å². The Morgan fingerprint density at radius 3 is 2.64 bits per heavy atom. The van der Waals surface area contributed by atoms with Gasteiger partial charge < -0.3 is 14.7 Å². The number of aryl methyl sites for hydroxylation is 1. The standard InChI is InChI=1S/C15H24N4O2S/c1-15(2)10-18(14(21)17(3)4)7-8-19(15)13(20)6-5-12-9-22-11-16-12/h9,11H,5-8,10H2,1-4H3. The summed E-state index contributed by atoms with van der Waals surface area (Å²) in [5.41, 5.74) is 2.41. The lowest BCUT2D eigenvalue weighted by Gasteiger charge is -2.47. The molecule has 2 rings (SSSR count). The molecular formula is C15H24N4O2S. The van der Waals surface area contributed by atoms with Crippen LogP contribution >= 0.6 is 11.3 Å². The van der Waals surface area contributed by atoms with Crippen LogP contribution in [0.2, 0.25) is 0 Å². The first-order valence-electron chi connectivity index (χ1n) is 7.45. The van der Waals surface area contributed by atoms with E-state index in [1.165, 1.54) is 0 Å². The molecule has 7 heteroatoms. The highest BCUT2D eigenvalue weighted by Crippen LogP contribution is 2.23. The zero-order valence-electron chi connectivity index (χ0n) is 13.7. The average Bonchev–Trinajstić information content (AvgIpc) is 2.96. The summed E-state index contributed by atoms with van der Waals surface area (Å²) < 4.78 is 0. The highest BCUT2D eigenvalue weighted by Gasteiger charge is 2.38. The third-order valence-corrected chi connectivity index (χ3v) is 4.57. The van der Waals surface area contributed by atoms with E-state index in [1.807, 2.05) is 29.0 Å². The van der Waals surface area contributed by atoms with Crippen molar-refractivity contribution in [3.63, 3.8) is 0 Å². The fourth-order valence-electron chi connectivity index (χ4n) is 2.79. The van der Waals surface area contributed by atoms with Gasteiger partial charge in [-0.3, -0.25) is 4.79 Å². The second-order valence-electron chi connectivity index (χ2n) is 6.44. The lowest BCUT2D eigenvalue weighted by Crippen LogP contribution is -2.63. The van der Waals surface area contributed by atoms with Crippen LogP contribution in [0, 0.1) is 0 Å². The van der Waals surface area contributed by atoms with Crippen LogP contribution in [0.4, 0.5) is 4.79 Å². The van der Waals surface area contributed by atoms with E-state index in [0.717, 1.165) is 5.69 Å². The van der Waals surface area contributed by atoms with Gasteiger partial charge in [-0.2, -0.15) is 0 Å². The Kier molecular flexibility index (Phi) is 5.05. The lowest BCUT2D eigenvalue weighted by molar-refractivity contribution is -0.139. The zero-order valence-corrected chi connectivity index (χ0v) is 14.5. The maximum atomic E-state index is 12.5. The van der Waals surface area contributed by atoms with Crippen molar-refractivity contribution in [3.8, 4) is 0 Å². The maximum Gasteiger partial charge on any atom is 0.319 e. The topological polar surface area (TPSA) is 56.8 Å². The Morgan fingerprint density at radius 2 is 2.09 bits per heavy atom. The van der Waals surface area contributed by atoms with Gasteiger partial charge in [0.2, 0.25) is 5.91 Å². The molecular weight excluding hydrogens is 300 g/mol. The number of nitrogens with zero attached hydrogens (tertiary/aromatic N) is 4. The van der Waals surface area contributed by atoms with Crippen molar-refractivity contribution >= 4 is 23.3 Å². The molecule has 1 aliphatic heterocycles. The quantitative estimate of drug-likeness (QED) is 0.850. The van der Waals surface area contributed by atoms with E-state index in [9.17, 15) is 9.59 Å². The molecule has 22 heavy (non-hydrogen) atoms. The van der Waals surface area contributed by atoms with Crippen molar-refractivity contribution in [1.29, 1.82) is 0 Å². The first kappa shape index (κ1) is 16.7. The first-order valence-corrected chi connectivity index (χ1v) is 8.39. The average molecular weight is 324 g/mol. The minimum Gasteiger partial charge on any atom is -0.334 e. The van der Waals surface area contributed by atoms with E-state index in [-0.39, 0.29) is 17.5 Å². The molecule has 0 spiro atoms. The van der Waals surface area contributed by atoms with Gasteiger partial charge in [-0.05, 0) is 20.3 Å². The van der Waals surface area contributed by atoms with E-state index in [2.05, 4.69) is 4.98 Å². The molecule has 122 valence electrons. The number of piperazine rings is 1. The van der Waals surface area contributed by atoms with Gasteiger partial charge in [0.15, 0.2) is 0 Å². The Hall–Kier alpha value is -1.63. The lowest BCUT2D eigenvalue weighted by atomic mass is 9.98. The van der Waals surface area contributed by atoms with Gasteiger partial charge in [-0.15, -0.1) is 11.3 Å². The molecule has 1 fully saturated rings. The van der Waals surface area contributed by atoms with Crippen molar-refractivity contribution in [1.82, 2.24) is 19.7 Å². The highest BCUT2D eigenvalue weighted by atomic mass is 32.1. The normalized spacial score (nSPS) is 17.5. The van der Waals surface area contributed by atoms with E-state index >= 15 is 0 Å². The minimum atomic E-state index is -0.344. The third-order valence-electron chi connectivity index (χ3n) is 3.93. The van der Waals surface area contributed by atoms with Gasteiger partial charge in [0.1, 0.15) is 0 Å². The Labute approximate surface area is 135 Å². The van der Waals surface area contributed by atoms with Crippen LogP contribution in [0.5, 0.6) is 0 Å². The summed E-state index contributed by atoms with van der Waals surface area (Å²) in [6, 6.07) is 0.00245. The van der Waals surface area contributed by atoms with Crippen molar-refractivity contribution in [2.45, 2.75) is 32.2 Å². The van der Waals surface area contributed by atoms with Gasteiger partial charge in [-0.25, -0.2) is 9.78 Å². The number of rotatable bonds is 3. The van der Waals surface area contributed by atoms with E-state index in [4.69, 9.17) is 0 Å². The molecule has 0 saturated carbocycles. The summed E-state index contributed by atoms with van der Waals surface area (Å²) in [6.07, 6.45) is 1.14. The number of carbonyl (C=O) groups is 2. The van der Waals surface area contributed by atoms with Crippen molar-refractivity contribution in [2.75, 3.05) is 33.7 Å². The molecule has 2 heterocycles. The molecule has 0 unspecified atom stereocenters. The Morgan fingerprint density at radius 1 is 1.36 bits per heavy atom. The summed E-state index contributed by atoms with van der Waals surface area (Å²) in [6.45, 7) is 5.77. The fourth-order valence-corrected chi connectivity index (χ4v) is 3.39. The van der Waals surface area contributed by atoms with Crippen LogP contribution in [-0.4, -0.2) is 70.9 Å². The maximum absolute atomic E-state index is 12.5. The zero-order chi connectivity index (χ0) is 16.3. The monoisotopic (exact) mass is 324 g/mol. The molecule has 3 amide bonds. The summed E-state index contributed by atoms with van der Waals surface area (Å²) in [5.74, 6) is 0.134. The SMILES string of the molecule is CN(C)C(=O)N1CCN(C(=O)CCc2cscn2)C(C)(C)C1. The molecule has 1 aromatic rings. The van der Waals surface area contributed by atoms with Crippen LogP contribution in [-0.2, 0) is 11.2 Å². The van der Waals surface area contributed by atoms with Crippen LogP contribution < -0.4 is 0 Å². The fraction of sp³-hybridized carbons (Fsp3) is 0.667. The molecule has 1 aliphatic rings. The Bertz CT molecular complexity index is 528. The molecule has 0 aromatic carbocycles. The molecule has 0 aliphatic carbocycles. The summed E-state index contributed by atoms with van der Waals surface area (Å²) in [4.78, 5) is 34.1. The number of hydrogen-bond donors (Lipinski definition) is 0. The van der Waals surface area contributed by atoms with Crippen LogP contribution in [0.3, 0.4) is 0 Å². The van der Waals surface area contributed by atoms with Crippen LogP contribution in [0.1, 0.15) is 26.0 Å². The summed E-state index contributed by atoms with van der Waals surface area (Å²) in [5, 5.41) is 1.98. The molecule has 0 N–H and O–H groups in total. The molecule has 0 bridgehead atoms. The highest BCUT2D eigenvalue weighted by molar-refractivity contribution is 7.07. The number of aromatic nitrogens is 1. The second kappa shape index (κ2) is 6.64. The third kappa shape index (κ3) is 3.76. The molecule has 0 atom stereocenters. The predicted molar refractivity (Wildman–Crippen MR) is 86.9 cm³/mol. The second-order valence-corrected chi connectivity index (χ2v) is 7.15. The van der Waals surface area contributed by atoms with Crippen molar-refractivity contribution < 1.29 is 9.59 Å². The van der Waals surface area contributed by atoms with E-state index < -0.39 is 0 Å². The van der Waals surface area contributed by atoms with Crippen molar-refractivity contribution in [3.05, 3.63) is 16.6 Å². The smallest absolute Gasteiger partial charge is 0.319 e. The Balaban J connectivity index is 1.95. The molecule has 6 nitrogen and oxygen atoms in total. The number of thiazole rings is 1. The van der Waals surface area contributed by atoms with Gasteiger partial charge >= 0.3 is 6.03 Å². The minimum absolute atomic E-state index is 0.00245. The largest absolute Gasteiger partial charge is 0.334 e. The van der Waals surface area contributed by atoms with E-state index in [1.54, 1.807) is 35.8 Å². The number of amides is 3. The van der Waals surface area contributed by atoms with Gasteiger partial charge in [-0.1, -0.05) is 0 Å². The van der Waals surface area contributed by atoms with Crippen LogP contribution in [0.25, 0.3) is 0 Å². The number of urea groups is 1. The first-order chi connectivity index (χ1) is 10.3. The summed E-state index contributed by atoms with van der Waals surface area (Å²) in [7, 11) is 3.50. The predicted octanol–water partition coefficient (Wildman–Crippen LogP) is 1.68.